The van der Waals surface area contributed by atoms with Crippen LogP contribution in [-0.4, -0.2) is 24.0 Å². The Morgan fingerprint density at radius 1 is 1.60 bits per heavy atom. The van der Waals surface area contributed by atoms with Crippen LogP contribution in [-0.2, 0) is 11.3 Å². The van der Waals surface area contributed by atoms with E-state index in [1.54, 1.807) is 5.38 Å². The molecule has 0 unspecified atom stereocenters. The van der Waals surface area contributed by atoms with Gasteiger partial charge >= 0.3 is 4.87 Å². The lowest BCUT2D eigenvalue weighted by Gasteiger charge is -2.04. The largest absolute Gasteiger partial charge is 0.355 e. The van der Waals surface area contributed by atoms with E-state index in [1.807, 2.05) is 6.92 Å². The predicted octanol–water partition coefficient (Wildman–Crippen LogP) is 0.0522. The summed E-state index contributed by atoms with van der Waals surface area (Å²) in [5.74, 6) is -0.0190. The average Bonchev–Trinajstić information content (AvgIpc) is 2.61. The molecule has 0 radical (unpaired) electrons. The smallest absolute Gasteiger partial charge is 0.304 e. The van der Waals surface area contributed by atoms with Gasteiger partial charge in [-0.15, -0.1) is 0 Å². The SMILES string of the molecule is CCCNC(=O)CNCc1csc(=O)[nH]1. The third-order valence-corrected chi connectivity index (χ3v) is 2.46. The maximum absolute atomic E-state index is 11.2. The number of carbonyl (C=O) groups is 1. The Morgan fingerprint density at radius 2 is 2.40 bits per heavy atom. The van der Waals surface area contributed by atoms with Crippen LogP contribution in [0.3, 0.4) is 0 Å². The lowest BCUT2D eigenvalue weighted by atomic mass is 10.4. The van der Waals surface area contributed by atoms with Crippen LogP contribution < -0.4 is 15.5 Å². The minimum absolute atomic E-state index is 0.0190. The van der Waals surface area contributed by atoms with Crippen LogP contribution >= 0.6 is 11.3 Å². The molecule has 0 aliphatic heterocycles. The second-order valence-corrected chi connectivity index (χ2v) is 3.97. The van der Waals surface area contributed by atoms with Crippen LogP contribution in [0.15, 0.2) is 10.2 Å². The van der Waals surface area contributed by atoms with Gasteiger partial charge in [0, 0.05) is 24.2 Å². The highest BCUT2D eigenvalue weighted by molar-refractivity contribution is 7.07. The Kier molecular flexibility index (Phi) is 5.06. The number of carbonyl (C=O) groups excluding carboxylic acids is 1. The zero-order valence-corrected chi connectivity index (χ0v) is 9.45. The highest BCUT2D eigenvalue weighted by Gasteiger charge is 2.00. The lowest BCUT2D eigenvalue weighted by molar-refractivity contribution is -0.120. The summed E-state index contributed by atoms with van der Waals surface area (Å²) in [4.78, 5) is 24.5. The number of amides is 1. The zero-order chi connectivity index (χ0) is 11.1. The maximum Gasteiger partial charge on any atom is 0.304 e. The van der Waals surface area contributed by atoms with Gasteiger partial charge in [0.2, 0.25) is 5.91 Å². The van der Waals surface area contributed by atoms with E-state index in [9.17, 15) is 9.59 Å². The molecule has 1 amide bonds. The van der Waals surface area contributed by atoms with Crippen molar-refractivity contribution in [2.24, 2.45) is 0 Å². The van der Waals surface area contributed by atoms with Gasteiger partial charge in [0.05, 0.1) is 6.54 Å². The second kappa shape index (κ2) is 6.36. The summed E-state index contributed by atoms with van der Waals surface area (Å²) in [7, 11) is 0. The van der Waals surface area contributed by atoms with Crippen molar-refractivity contribution in [3.8, 4) is 0 Å². The van der Waals surface area contributed by atoms with E-state index in [1.165, 1.54) is 0 Å². The predicted molar refractivity (Wildman–Crippen MR) is 59.9 cm³/mol. The van der Waals surface area contributed by atoms with Gasteiger partial charge in [0.1, 0.15) is 0 Å². The number of aromatic amines is 1. The van der Waals surface area contributed by atoms with Crippen molar-refractivity contribution in [1.82, 2.24) is 15.6 Å². The minimum Gasteiger partial charge on any atom is -0.355 e. The van der Waals surface area contributed by atoms with Gasteiger partial charge in [-0.3, -0.25) is 9.59 Å². The number of aromatic nitrogens is 1. The van der Waals surface area contributed by atoms with Crippen LogP contribution in [0.2, 0.25) is 0 Å². The number of hydrogen-bond acceptors (Lipinski definition) is 4. The fraction of sp³-hybridized carbons (Fsp3) is 0.556. The number of thiazole rings is 1. The molecule has 0 bridgehead atoms. The average molecular weight is 229 g/mol. The molecular weight excluding hydrogens is 214 g/mol. The fourth-order valence-electron chi connectivity index (χ4n) is 1.04. The molecule has 84 valence electrons. The Hall–Kier alpha value is -1.14. The van der Waals surface area contributed by atoms with E-state index in [0.29, 0.717) is 13.1 Å². The molecule has 3 N–H and O–H groups in total. The van der Waals surface area contributed by atoms with E-state index in [-0.39, 0.29) is 17.3 Å². The summed E-state index contributed by atoms with van der Waals surface area (Å²) in [5, 5.41) is 7.45. The van der Waals surface area contributed by atoms with Crippen LogP contribution in [0.4, 0.5) is 0 Å². The standard InChI is InChI=1S/C9H15N3O2S/c1-2-3-11-8(13)5-10-4-7-6-15-9(14)12-7/h6,10H,2-5H2,1H3,(H,11,13)(H,12,14). The number of nitrogens with one attached hydrogen (secondary N) is 3. The Labute approximate surface area is 91.9 Å². The van der Waals surface area contributed by atoms with Crippen molar-refractivity contribution >= 4 is 17.2 Å². The second-order valence-electron chi connectivity index (χ2n) is 3.13. The van der Waals surface area contributed by atoms with E-state index in [4.69, 9.17) is 0 Å². The molecule has 6 heteroatoms. The fourth-order valence-corrected chi connectivity index (χ4v) is 1.62. The molecule has 15 heavy (non-hydrogen) atoms. The van der Waals surface area contributed by atoms with Crippen molar-refractivity contribution in [1.29, 1.82) is 0 Å². The van der Waals surface area contributed by atoms with E-state index in [2.05, 4.69) is 15.6 Å². The van der Waals surface area contributed by atoms with E-state index >= 15 is 0 Å². The quantitative estimate of drug-likeness (QED) is 0.645. The van der Waals surface area contributed by atoms with Crippen LogP contribution in [0, 0.1) is 0 Å². The summed E-state index contributed by atoms with van der Waals surface area (Å²) < 4.78 is 0. The topological polar surface area (TPSA) is 74.0 Å². The maximum atomic E-state index is 11.2. The molecule has 1 rings (SSSR count). The molecule has 0 saturated carbocycles. The first-order valence-corrected chi connectivity index (χ1v) is 5.74. The van der Waals surface area contributed by atoms with Crippen molar-refractivity contribution in [2.45, 2.75) is 19.9 Å². The van der Waals surface area contributed by atoms with Gasteiger partial charge in [0.25, 0.3) is 0 Å². The third-order valence-electron chi connectivity index (χ3n) is 1.74. The minimum atomic E-state index is -0.0674. The molecule has 1 aromatic rings. The lowest BCUT2D eigenvalue weighted by Crippen LogP contribution is -2.34. The first kappa shape index (κ1) is 11.9. The molecule has 0 fully saturated rings. The van der Waals surface area contributed by atoms with Crippen molar-refractivity contribution in [3.05, 3.63) is 20.7 Å². The molecule has 5 nitrogen and oxygen atoms in total. The molecule has 0 aliphatic carbocycles. The van der Waals surface area contributed by atoms with Crippen molar-refractivity contribution in [2.75, 3.05) is 13.1 Å². The van der Waals surface area contributed by atoms with Crippen LogP contribution in [0.1, 0.15) is 19.0 Å². The molecule has 0 saturated heterocycles. The van der Waals surface area contributed by atoms with Crippen molar-refractivity contribution in [3.63, 3.8) is 0 Å². The van der Waals surface area contributed by atoms with Gasteiger partial charge in [-0.25, -0.2) is 0 Å². The highest BCUT2D eigenvalue weighted by atomic mass is 32.1. The molecule has 1 aromatic heterocycles. The summed E-state index contributed by atoms with van der Waals surface area (Å²) in [5.41, 5.74) is 0.813. The van der Waals surface area contributed by atoms with Gasteiger partial charge in [-0.1, -0.05) is 18.3 Å². The van der Waals surface area contributed by atoms with Gasteiger partial charge < -0.3 is 15.6 Å². The Morgan fingerprint density at radius 3 is 3.00 bits per heavy atom. The normalized spacial score (nSPS) is 10.2. The molecule has 0 spiro atoms. The van der Waals surface area contributed by atoms with Crippen LogP contribution in [0.25, 0.3) is 0 Å². The van der Waals surface area contributed by atoms with Gasteiger partial charge in [-0.05, 0) is 6.42 Å². The molecular formula is C9H15N3O2S. The van der Waals surface area contributed by atoms with E-state index < -0.39 is 0 Å². The van der Waals surface area contributed by atoms with Gasteiger partial charge in [-0.2, -0.15) is 0 Å². The molecule has 0 aromatic carbocycles. The highest BCUT2D eigenvalue weighted by Crippen LogP contribution is 1.93. The number of H-pyrrole nitrogens is 1. The summed E-state index contributed by atoms with van der Waals surface area (Å²) >= 11 is 1.13. The van der Waals surface area contributed by atoms with Crippen LogP contribution in [0.5, 0.6) is 0 Å². The van der Waals surface area contributed by atoms with E-state index in [0.717, 1.165) is 23.5 Å². The molecule has 0 atom stereocenters. The number of hydrogen-bond donors (Lipinski definition) is 3. The first-order chi connectivity index (χ1) is 7.22. The van der Waals surface area contributed by atoms with Gasteiger partial charge in [0.15, 0.2) is 0 Å². The summed E-state index contributed by atoms with van der Waals surface area (Å²) in [6.07, 6.45) is 0.934. The Balaban J connectivity index is 2.16. The molecule has 0 aliphatic rings. The zero-order valence-electron chi connectivity index (χ0n) is 8.63. The number of rotatable bonds is 6. The summed E-state index contributed by atoms with van der Waals surface area (Å²) in [6, 6.07) is 0. The van der Waals surface area contributed by atoms with Crippen molar-refractivity contribution < 1.29 is 4.79 Å². The first-order valence-electron chi connectivity index (χ1n) is 4.86. The Bertz CT molecular complexity index is 358. The summed E-state index contributed by atoms with van der Waals surface area (Å²) in [6.45, 7) is 3.50. The molecule has 1 heterocycles. The third kappa shape index (κ3) is 4.75. The monoisotopic (exact) mass is 229 g/mol.